The Balaban J connectivity index is 1.87. The first-order valence-electron chi connectivity index (χ1n) is 6.99. The van der Waals surface area contributed by atoms with Gasteiger partial charge >= 0.3 is 5.97 Å². The number of nitrogens with one attached hydrogen (secondary N) is 1. The molecule has 0 unspecified atom stereocenters. The molecule has 0 spiro atoms. The highest BCUT2D eigenvalue weighted by molar-refractivity contribution is 8.04. The van der Waals surface area contributed by atoms with E-state index in [0.29, 0.717) is 32.5 Å². The van der Waals surface area contributed by atoms with Crippen LogP contribution in [0.3, 0.4) is 0 Å². The molecule has 0 radical (unpaired) electrons. The molecule has 0 aliphatic rings. The van der Waals surface area contributed by atoms with Crippen LogP contribution in [0.15, 0.2) is 44.8 Å². The average Bonchev–Trinajstić information content (AvgIpc) is 3.18. The average molecular weight is 396 g/mol. The number of aliphatic carboxylic acids is 1. The Hall–Kier alpha value is -2.22. The standard InChI is InChI=1S/C16H11Cl2N3O3S/c1-8-19-16(21-20-8)25-14(15(22)23)7-10-3-5-13(24-10)9-2-4-11(17)12(18)6-9/h2-7H,1H3,(H,22,23)(H,19,20,21)/b14-7-. The molecule has 0 saturated heterocycles. The monoisotopic (exact) mass is 395 g/mol. The number of aromatic amines is 1. The van der Waals surface area contributed by atoms with Crippen LogP contribution in [0.1, 0.15) is 11.6 Å². The van der Waals surface area contributed by atoms with E-state index >= 15 is 0 Å². The molecule has 0 aliphatic carbocycles. The molecule has 9 heteroatoms. The van der Waals surface area contributed by atoms with Crippen LogP contribution in [0.4, 0.5) is 0 Å². The van der Waals surface area contributed by atoms with E-state index in [0.717, 1.165) is 17.3 Å². The number of thioether (sulfide) groups is 1. The maximum Gasteiger partial charge on any atom is 0.342 e. The van der Waals surface area contributed by atoms with Gasteiger partial charge in [0.1, 0.15) is 22.3 Å². The number of furan rings is 1. The molecule has 2 aromatic heterocycles. The van der Waals surface area contributed by atoms with E-state index in [2.05, 4.69) is 15.2 Å². The molecule has 0 saturated carbocycles. The van der Waals surface area contributed by atoms with Gasteiger partial charge in [0.2, 0.25) is 5.16 Å². The Morgan fingerprint density at radius 3 is 2.72 bits per heavy atom. The maximum absolute atomic E-state index is 11.4. The van der Waals surface area contributed by atoms with Crippen molar-refractivity contribution < 1.29 is 14.3 Å². The third kappa shape index (κ3) is 4.25. The van der Waals surface area contributed by atoms with Crippen LogP contribution < -0.4 is 0 Å². The summed E-state index contributed by atoms with van der Waals surface area (Å²) >= 11 is 12.8. The summed E-state index contributed by atoms with van der Waals surface area (Å²) in [6, 6.07) is 8.52. The smallest absolute Gasteiger partial charge is 0.342 e. The predicted octanol–water partition coefficient (Wildman–Crippen LogP) is 4.90. The fourth-order valence-electron chi connectivity index (χ4n) is 1.97. The summed E-state index contributed by atoms with van der Waals surface area (Å²) in [4.78, 5) is 15.6. The predicted molar refractivity (Wildman–Crippen MR) is 96.8 cm³/mol. The van der Waals surface area contributed by atoms with Gasteiger partial charge in [0.25, 0.3) is 0 Å². The van der Waals surface area contributed by atoms with Gasteiger partial charge in [-0.2, -0.15) is 0 Å². The lowest BCUT2D eigenvalue weighted by molar-refractivity contribution is -0.131. The number of hydrogen-bond acceptors (Lipinski definition) is 5. The largest absolute Gasteiger partial charge is 0.477 e. The van der Waals surface area contributed by atoms with Gasteiger partial charge in [-0.05, 0) is 49.0 Å². The lowest BCUT2D eigenvalue weighted by atomic mass is 10.2. The summed E-state index contributed by atoms with van der Waals surface area (Å²) in [5, 5.41) is 17.1. The molecule has 3 aromatic rings. The fraction of sp³-hybridized carbons (Fsp3) is 0.0625. The third-order valence-corrected chi connectivity index (χ3v) is 4.71. The van der Waals surface area contributed by atoms with E-state index in [4.69, 9.17) is 27.6 Å². The topological polar surface area (TPSA) is 92.0 Å². The van der Waals surface area contributed by atoms with E-state index in [1.807, 2.05) is 0 Å². The molecule has 2 heterocycles. The number of carbonyl (C=O) groups is 1. The fourth-order valence-corrected chi connectivity index (χ4v) is 3.00. The van der Waals surface area contributed by atoms with Crippen molar-refractivity contribution in [1.82, 2.24) is 15.2 Å². The number of aromatic nitrogens is 3. The van der Waals surface area contributed by atoms with Crippen molar-refractivity contribution in [1.29, 1.82) is 0 Å². The van der Waals surface area contributed by atoms with E-state index in [-0.39, 0.29) is 4.91 Å². The summed E-state index contributed by atoms with van der Waals surface area (Å²) in [6.45, 7) is 1.73. The van der Waals surface area contributed by atoms with Crippen molar-refractivity contribution in [2.75, 3.05) is 0 Å². The molecule has 0 bridgehead atoms. The number of halogens is 2. The van der Waals surface area contributed by atoms with Crippen molar-refractivity contribution in [3.8, 4) is 11.3 Å². The molecule has 0 aliphatic heterocycles. The SMILES string of the molecule is Cc1nc(S/C(=C\c2ccc(-c3ccc(Cl)c(Cl)c3)o2)C(=O)O)n[nH]1. The number of aryl methyl sites for hydroxylation is 1. The van der Waals surface area contributed by atoms with E-state index < -0.39 is 5.97 Å². The molecule has 0 fully saturated rings. The Morgan fingerprint density at radius 2 is 2.08 bits per heavy atom. The molecule has 0 atom stereocenters. The van der Waals surface area contributed by atoms with Crippen LogP contribution in [-0.4, -0.2) is 26.3 Å². The Morgan fingerprint density at radius 1 is 1.28 bits per heavy atom. The highest BCUT2D eigenvalue weighted by atomic mass is 35.5. The number of carboxylic acid groups (broad SMARTS) is 1. The molecule has 128 valence electrons. The second-order valence-electron chi connectivity index (χ2n) is 4.95. The van der Waals surface area contributed by atoms with Crippen molar-refractivity contribution >= 4 is 47.0 Å². The molecule has 6 nitrogen and oxygen atoms in total. The van der Waals surface area contributed by atoms with Gasteiger partial charge in [0.15, 0.2) is 0 Å². The minimum atomic E-state index is -1.10. The number of hydrogen-bond donors (Lipinski definition) is 2. The highest BCUT2D eigenvalue weighted by Gasteiger charge is 2.14. The van der Waals surface area contributed by atoms with E-state index in [1.165, 1.54) is 6.08 Å². The van der Waals surface area contributed by atoms with Crippen LogP contribution >= 0.6 is 35.0 Å². The molecule has 0 amide bonds. The van der Waals surface area contributed by atoms with E-state index in [9.17, 15) is 9.90 Å². The second-order valence-corrected chi connectivity index (χ2v) is 6.77. The third-order valence-electron chi connectivity index (χ3n) is 3.09. The van der Waals surface area contributed by atoms with Gasteiger partial charge in [0, 0.05) is 11.6 Å². The number of benzene rings is 1. The first-order chi connectivity index (χ1) is 11.9. The van der Waals surface area contributed by atoms with Crippen LogP contribution in [0.2, 0.25) is 10.0 Å². The minimum absolute atomic E-state index is 0.0361. The number of nitrogens with zero attached hydrogens (tertiary/aromatic N) is 2. The van der Waals surface area contributed by atoms with Crippen molar-refractivity contribution in [3.05, 3.63) is 56.9 Å². The Kier molecular flexibility index (Phi) is 5.17. The van der Waals surface area contributed by atoms with Crippen LogP contribution in [-0.2, 0) is 4.79 Å². The van der Waals surface area contributed by atoms with Gasteiger partial charge in [-0.15, -0.1) is 5.10 Å². The van der Waals surface area contributed by atoms with Crippen LogP contribution in [0.25, 0.3) is 17.4 Å². The van der Waals surface area contributed by atoms with Crippen molar-refractivity contribution in [2.24, 2.45) is 0 Å². The zero-order chi connectivity index (χ0) is 18.0. The maximum atomic E-state index is 11.4. The minimum Gasteiger partial charge on any atom is -0.477 e. The van der Waals surface area contributed by atoms with Gasteiger partial charge in [-0.1, -0.05) is 23.2 Å². The van der Waals surface area contributed by atoms with Gasteiger partial charge in [0.05, 0.1) is 10.0 Å². The zero-order valence-corrected chi connectivity index (χ0v) is 15.1. The molecule has 1 aromatic carbocycles. The highest BCUT2D eigenvalue weighted by Crippen LogP contribution is 2.31. The summed E-state index contributed by atoms with van der Waals surface area (Å²) < 4.78 is 5.68. The molecule has 3 rings (SSSR count). The summed E-state index contributed by atoms with van der Waals surface area (Å²) in [6.07, 6.45) is 1.42. The number of rotatable bonds is 5. The van der Waals surface area contributed by atoms with E-state index in [1.54, 1.807) is 37.3 Å². The number of H-pyrrole nitrogens is 1. The van der Waals surface area contributed by atoms with Crippen molar-refractivity contribution in [3.63, 3.8) is 0 Å². The Labute approximate surface area is 156 Å². The lowest BCUT2D eigenvalue weighted by Crippen LogP contribution is -1.97. The van der Waals surface area contributed by atoms with Gasteiger partial charge in [-0.3, -0.25) is 5.10 Å². The molecule has 2 N–H and O–H groups in total. The Bertz CT molecular complexity index is 965. The number of carboxylic acids is 1. The normalized spacial score (nSPS) is 11.7. The second kappa shape index (κ2) is 7.35. The zero-order valence-electron chi connectivity index (χ0n) is 12.8. The van der Waals surface area contributed by atoms with Gasteiger partial charge < -0.3 is 9.52 Å². The first-order valence-corrected chi connectivity index (χ1v) is 8.57. The lowest BCUT2D eigenvalue weighted by Gasteiger charge is -2.00. The van der Waals surface area contributed by atoms with Crippen LogP contribution in [0.5, 0.6) is 0 Å². The van der Waals surface area contributed by atoms with Crippen molar-refractivity contribution in [2.45, 2.75) is 12.1 Å². The molecular weight excluding hydrogens is 385 g/mol. The van der Waals surface area contributed by atoms with Gasteiger partial charge in [-0.25, -0.2) is 9.78 Å². The summed E-state index contributed by atoms with van der Waals surface area (Å²) in [5.74, 6) is 0.443. The first kappa shape index (κ1) is 17.6. The molecular formula is C16H11Cl2N3O3S. The quantitative estimate of drug-likeness (QED) is 0.471. The summed E-state index contributed by atoms with van der Waals surface area (Å²) in [7, 11) is 0. The molecule has 25 heavy (non-hydrogen) atoms. The van der Waals surface area contributed by atoms with Crippen LogP contribution in [0, 0.1) is 6.92 Å². The summed E-state index contributed by atoms with van der Waals surface area (Å²) in [5.41, 5.74) is 0.739.